The Labute approximate surface area is 261 Å². The molecule has 0 aliphatic heterocycles. The number of aromatic hydroxyl groups is 1. The lowest BCUT2D eigenvalue weighted by Crippen LogP contribution is -2.53. The molecule has 5 rings (SSSR count). The zero-order valence-corrected chi connectivity index (χ0v) is 27.8. The number of ether oxygens (including phenoxy) is 2. The number of carbonyl (C=O) groups is 1. The Morgan fingerprint density at radius 1 is 0.977 bits per heavy atom. The van der Waals surface area contributed by atoms with Gasteiger partial charge in [-0.25, -0.2) is 4.79 Å². The van der Waals surface area contributed by atoms with Crippen LogP contribution in [0.25, 0.3) is 6.08 Å². The van der Waals surface area contributed by atoms with E-state index in [1.165, 1.54) is 83.8 Å². The molecule has 1 aromatic carbocycles. The summed E-state index contributed by atoms with van der Waals surface area (Å²) in [6.07, 6.45) is 23.9. The first-order valence-corrected chi connectivity index (χ1v) is 17.5. The van der Waals surface area contributed by atoms with Gasteiger partial charge in [0.05, 0.1) is 13.4 Å². The third-order valence-corrected chi connectivity index (χ3v) is 13.3. The highest BCUT2D eigenvalue weighted by Crippen LogP contribution is 2.68. The summed E-state index contributed by atoms with van der Waals surface area (Å²) in [4.78, 5) is 12.4. The van der Waals surface area contributed by atoms with Crippen LogP contribution in [-0.4, -0.2) is 18.2 Å². The summed E-state index contributed by atoms with van der Waals surface area (Å²) in [7, 11) is 1.50. The molecule has 1 N–H and O–H groups in total. The second-order valence-electron chi connectivity index (χ2n) is 15.6. The molecular weight excluding hydrogens is 532 g/mol. The van der Waals surface area contributed by atoms with Gasteiger partial charge in [-0.3, -0.25) is 0 Å². The highest BCUT2D eigenvalue weighted by atomic mass is 16.5. The minimum absolute atomic E-state index is 0.0735. The third-order valence-electron chi connectivity index (χ3n) is 13.3. The van der Waals surface area contributed by atoms with Crippen molar-refractivity contribution >= 4 is 12.0 Å². The average molecular weight is 591 g/mol. The Morgan fingerprint density at radius 3 is 2.53 bits per heavy atom. The Morgan fingerprint density at radius 2 is 1.77 bits per heavy atom. The molecule has 0 spiro atoms. The van der Waals surface area contributed by atoms with E-state index in [9.17, 15) is 9.90 Å². The fourth-order valence-electron chi connectivity index (χ4n) is 10.8. The van der Waals surface area contributed by atoms with Crippen molar-refractivity contribution in [2.75, 3.05) is 7.11 Å². The second-order valence-corrected chi connectivity index (χ2v) is 15.6. The monoisotopic (exact) mass is 590 g/mol. The molecule has 0 amide bonds. The smallest absolute Gasteiger partial charge is 0.335 e. The first-order valence-electron chi connectivity index (χ1n) is 17.5. The van der Waals surface area contributed by atoms with Crippen molar-refractivity contribution in [3.63, 3.8) is 0 Å². The van der Waals surface area contributed by atoms with Gasteiger partial charge in [-0.1, -0.05) is 53.5 Å². The molecule has 9 atom stereocenters. The van der Waals surface area contributed by atoms with Gasteiger partial charge in [-0.15, -0.1) is 0 Å². The van der Waals surface area contributed by atoms with E-state index in [1.807, 2.05) is 0 Å². The highest BCUT2D eigenvalue weighted by molar-refractivity contribution is 5.87. The number of rotatable bonds is 10. The molecule has 0 aromatic heterocycles. The van der Waals surface area contributed by atoms with Crippen LogP contribution in [0.15, 0.2) is 36.6 Å². The van der Waals surface area contributed by atoms with E-state index >= 15 is 0 Å². The van der Waals surface area contributed by atoms with E-state index in [-0.39, 0.29) is 5.75 Å². The standard InChI is InChI=1S/C39H58O4/c1-26(2)29(21-24-43-37(41)19-12-28-11-18-35(40)36(25-28)42-6)13-10-27(3)32-16-17-33-31-15-14-30-9-7-8-22-38(30,4)34(31)20-23-39(32,33)5/h11-12,18-19,21,24-27,29-34,40H,7-10,13-17,20,22-23H2,1-6H3/b19-12-,24-21?/t27-,29+,30?,31+,32-,33+,34+,38+,39-/m1/s1. The normalized spacial score (nSPS) is 35.4. The van der Waals surface area contributed by atoms with E-state index in [0.717, 1.165) is 47.5 Å². The van der Waals surface area contributed by atoms with Gasteiger partial charge in [0.2, 0.25) is 0 Å². The SMILES string of the molecule is COc1cc(/C=C\C(=O)OC=C[C@H](CC[C@@H](C)[C@H]2CC[C@H]3[C@@H]4CCC5CCCC[C@]5(C)[C@H]4CC[C@]23C)C(C)C)ccc1O. The number of benzene rings is 1. The number of phenolic OH excluding ortho intramolecular Hbond substituents is 1. The summed E-state index contributed by atoms with van der Waals surface area (Å²) >= 11 is 0. The highest BCUT2D eigenvalue weighted by Gasteiger charge is 2.60. The van der Waals surface area contributed by atoms with E-state index < -0.39 is 5.97 Å². The Balaban J connectivity index is 1.14. The van der Waals surface area contributed by atoms with E-state index in [4.69, 9.17) is 9.47 Å². The van der Waals surface area contributed by atoms with Gasteiger partial charge >= 0.3 is 5.97 Å². The number of carbonyl (C=O) groups excluding carboxylic acids is 1. The van der Waals surface area contributed by atoms with E-state index in [1.54, 1.807) is 30.5 Å². The number of esters is 1. The molecule has 1 aromatic rings. The zero-order valence-electron chi connectivity index (χ0n) is 27.8. The number of allylic oxidation sites excluding steroid dienone is 1. The van der Waals surface area contributed by atoms with Gasteiger partial charge in [0.1, 0.15) is 0 Å². The summed E-state index contributed by atoms with van der Waals surface area (Å²) in [5.74, 6) is 6.40. The molecule has 0 bridgehead atoms. The minimum atomic E-state index is -0.407. The molecule has 4 aliphatic rings. The number of phenols is 1. The molecule has 4 fully saturated rings. The van der Waals surface area contributed by atoms with Crippen LogP contribution >= 0.6 is 0 Å². The number of hydrogen-bond acceptors (Lipinski definition) is 4. The van der Waals surface area contributed by atoms with Crippen LogP contribution < -0.4 is 4.74 Å². The molecular formula is C39H58O4. The van der Waals surface area contributed by atoms with Gasteiger partial charge in [-0.2, -0.15) is 0 Å². The van der Waals surface area contributed by atoms with Crippen LogP contribution in [0.5, 0.6) is 11.5 Å². The number of fused-ring (bicyclic) bond motifs is 5. The fraction of sp³-hybridized carbons (Fsp3) is 0.718. The van der Waals surface area contributed by atoms with Gasteiger partial charge < -0.3 is 14.6 Å². The first kappa shape index (κ1) is 32.2. The Bertz CT molecular complexity index is 1170. The number of hydrogen-bond donors (Lipinski definition) is 1. The second kappa shape index (κ2) is 13.4. The predicted octanol–water partition coefficient (Wildman–Crippen LogP) is 10.2. The van der Waals surface area contributed by atoms with Crippen LogP contribution in [0.3, 0.4) is 0 Å². The van der Waals surface area contributed by atoms with Gasteiger partial charge in [-0.05, 0) is 152 Å². The lowest BCUT2D eigenvalue weighted by atomic mass is 9.44. The maximum absolute atomic E-state index is 12.4. The molecule has 0 heterocycles. The van der Waals surface area contributed by atoms with E-state index in [2.05, 4.69) is 40.7 Å². The van der Waals surface area contributed by atoms with Crippen molar-refractivity contribution in [2.45, 2.75) is 112 Å². The predicted molar refractivity (Wildman–Crippen MR) is 175 cm³/mol. The molecule has 4 nitrogen and oxygen atoms in total. The van der Waals surface area contributed by atoms with Crippen molar-refractivity contribution in [1.82, 2.24) is 0 Å². The van der Waals surface area contributed by atoms with Crippen molar-refractivity contribution in [3.05, 3.63) is 42.2 Å². The largest absolute Gasteiger partial charge is 0.504 e. The topological polar surface area (TPSA) is 55.8 Å². The van der Waals surface area contributed by atoms with Gasteiger partial charge in [0, 0.05) is 6.08 Å². The van der Waals surface area contributed by atoms with Crippen LogP contribution in [0.4, 0.5) is 0 Å². The molecule has 43 heavy (non-hydrogen) atoms. The van der Waals surface area contributed by atoms with Crippen LogP contribution in [0.1, 0.15) is 117 Å². The molecule has 0 saturated heterocycles. The van der Waals surface area contributed by atoms with E-state index in [0.29, 0.717) is 28.4 Å². The average Bonchev–Trinajstić information content (AvgIpc) is 3.35. The summed E-state index contributed by atoms with van der Waals surface area (Å²) in [6, 6.07) is 4.97. The van der Waals surface area contributed by atoms with Crippen LogP contribution in [0, 0.1) is 58.2 Å². The summed E-state index contributed by atoms with van der Waals surface area (Å²) in [5.41, 5.74) is 1.91. The minimum Gasteiger partial charge on any atom is -0.504 e. The Kier molecular flexibility index (Phi) is 10.0. The Hall–Kier alpha value is -2.23. The maximum Gasteiger partial charge on any atom is 0.335 e. The van der Waals surface area contributed by atoms with Gasteiger partial charge in [0.25, 0.3) is 0 Å². The molecule has 4 heteroatoms. The molecule has 1 unspecified atom stereocenters. The van der Waals surface area contributed by atoms with Gasteiger partial charge in [0.15, 0.2) is 11.5 Å². The third kappa shape index (κ3) is 6.59. The molecule has 4 saturated carbocycles. The van der Waals surface area contributed by atoms with Crippen molar-refractivity contribution in [3.8, 4) is 11.5 Å². The number of methoxy groups -OCH3 is 1. The maximum atomic E-state index is 12.4. The van der Waals surface area contributed by atoms with Crippen molar-refractivity contribution < 1.29 is 19.4 Å². The lowest BCUT2D eigenvalue weighted by molar-refractivity contribution is -0.132. The lowest BCUT2D eigenvalue weighted by Gasteiger charge is -2.61. The summed E-state index contributed by atoms with van der Waals surface area (Å²) in [6.45, 7) is 12.5. The summed E-state index contributed by atoms with van der Waals surface area (Å²) < 4.78 is 10.6. The first-order chi connectivity index (χ1) is 20.6. The zero-order chi connectivity index (χ0) is 30.8. The molecule has 0 radical (unpaired) electrons. The van der Waals surface area contributed by atoms with Crippen LogP contribution in [-0.2, 0) is 9.53 Å². The van der Waals surface area contributed by atoms with Crippen LogP contribution in [0.2, 0.25) is 0 Å². The van der Waals surface area contributed by atoms with Crippen molar-refractivity contribution in [2.24, 2.45) is 58.2 Å². The fourth-order valence-corrected chi connectivity index (χ4v) is 10.8. The quantitative estimate of drug-likeness (QED) is 0.167. The van der Waals surface area contributed by atoms with Crippen molar-refractivity contribution in [1.29, 1.82) is 0 Å². The molecule has 238 valence electrons. The molecule has 4 aliphatic carbocycles. The summed E-state index contributed by atoms with van der Waals surface area (Å²) in [5, 5.41) is 9.76.